The number of nitrogens with one attached hydrogen (secondary N) is 1. The first-order valence-electron chi connectivity index (χ1n) is 8.25. The minimum absolute atomic E-state index is 0. The van der Waals surface area contributed by atoms with Gasteiger partial charge in [0.1, 0.15) is 12.4 Å². The van der Waals surface area contributed by atoms with Crippen LogP contribution in [0.25, 0.3) is 0 Å². The highest BCUT2D eigenvalue weighted by atomic mass is 127. The molecule has 0 saturated carbocycles. The second kappa shape index (κ2) is 12.4. The van der Waals surface area contributed by atoms with E-state index in [0.29, 0.717) is 11.6 Å². The first-order chi connectivity index (χ1) is 11.7. The number of aliphatic imine (C=N–C) groups is 1. The summed E-state index contributed by atoms with van der Waals surface area (Å²) in [5.74, 6) is 1.70. The lowest BCUT2D eigenvalue weighted by molar-refractivity contribution is 0.153. The predicted octanol–water partition coefficient (Wildman–Crippen LogP) is 3.58. The lowest BCUT2D eigenvalue weighted by Crippen LogP contribution is -2.41. The van der Waals surface area contributed by atoms with Gasteiger partial charge in [0, 0.05) is 25.7 Å². The van der Waals surface area contributed by atoms with Crippen LogP contribution in [0.5, 0.6) is 5.75 Å². The minimum atomic E-state index is 0. The van der Waals surface area contributed by atoms with Crippen LogP contribution in [0.2, 0.25) is 5.02 Å². The lowest BCUT2D eigenvalue weighted by atomic mass is 10.1. The van der Waals surface area contributed by atoms with Gasteiger partial charge in [0.2, 0.25) is 0 Å². The third-order valence-corrected chi connectivity index (χ3v) is 4.12. The zero-order valence-electron chi connectivity index (χ0n) is 14.8. The summed E-state index contributed by atoms with van der Waals surface area (Å²) in [7, 11) is 3.81. The highest BCUT2D eigenvalue weighted by Crippen LogP contribution is 2.15. The standard InChI is InChI=1S/C18H26ClN3O2.HI/c1-20-18(21-10-7-15-8-12-23-13-9-15)22(2)11-14-24-17-5-3-16(19)4-6-17;/h3-6,8H,7,9-14H2,1-2H3,(H,20,21);1H. The average molecular weight is 480 g/mol. The topological polar surface area (TPSA) is 46.1 Å². The molecule has 0 unspecified atom stereocenters. The van der Waals surface area contributed by atoms with Crippen LogP contribution < -0.4 is 10.1 Å². The summed E-state index contributed by atoms with van der Waals surface area (Å²) in [5.41, 5.74) is 1.46. The molecule has 0 bridgehead atoms. The van der Waals surface area contributed by atoms with Crippen molar-refractivity contribution >= 4 is 41.5 Å². The van der Waals surface area contributed by atoms with Gasteiger partial charge in [-0.05, 0) is 37.1 Å². The molecule has 0 radical (unpaired) electrons. The zero-order chi connectivity index (χ0) is 17.2. The maximum atomic E-state index is 5.86. The van der Waals surface area contributed by atoms with E-state index in [2.05, 4.69) is 21.3 Å². The number of ether oxygens (including phenoxy) is 2. The monoisotopic (exact) mass is 479 g/mol. The van der Waals surface area contributed by atoms with Crippen molar-refractivity contribution in [1.82, 2.24) is 10.2 Å². The van der Waals surface area contributed by atoms with E-state index in [1.54, 1.807) is 7.05 Å². The summed E-state index contributed by atoms with van der Waals surface area (Å²) in [6.07, 6.45) is 4.24. The Kier molecular flexibility index (Phi) is 10.9. The second-order valence-corrected chi connectivity index (χ2v) is 6.07. The Morgan fingerprint density at radius 1 is 1.36 bits per heavy atom. The fourth-order valence-electron chi connectivity index (χ4n) is 2.45. The van der Waals surface area contributed by atoms with Gasteiger partial charge in [-0.1, -0.05) is 23.3 Å². The van der Waals surface area contributed by atoms with Crippen LogP contribution in [-0.2, 0) is 4.74 Å². The molecule has 0 atom stereocenters. The normalized spacial score (nSPS) is 14.4. The Labute approximate surface area is 172 Å². The number of hydrogen-bond acceptors (Lipinski definition) is 3. The number of guanidine groups is 1. The fourth-order valence-corrected chi connectivity index (χ4v) is 2.58. The Bertz CT molecular complexity index is 564. The minimum Gasteiger partial charge on any atom is -0.492 e. The molecule has 2 rings (SSSR count). The van der Waals surface area contributed by atoms with Crippen LogP contribution in [0.4, 0.5) is 0 Å². The third-order valence-electron chi connectivity index (χ3n) is 3.87. The maximum Gasteiger partial charge on any atom is 0.193 e. The van der Waals surface area contributed by atoms with E-state index in [4.69, 9.17) is 21.1 Å². The van der Waals surface area contributed by atoms with Gasteiger partial charge in [-0.25, -0.2) is 0 Å². The van der Waals surface area contributed by atoms with Gasteiger partial charge in [-0.3, -0.25) is 4.99 Å². The van der Waals surface area contributed by atoms with Gasteiger partial charge in [-0.15, -0.1) is 24.0 Å². The molecule has 0 fully saturated rings. The maximum absolute atomic E-state index is 5.86. The van der Waals surface area contributed by atoms with Crippen molar-refractivity contribution < 1.29 is 9.47 Å². The van der Waals surface area contributed by atoms with E-state index >= 15 is 0 Å². The first kappa shape index (κ1) is 22.1. The highest BCUT2D eigenvalue weighted by Gasteiger charge is 2.07. The number of rotatable bonds is 7. The van der Waals surface area contributed by atoms with E-state index in [9.17, 15) is 0 Å². The fraction of sp³-hybridized carbons (Fsp3) is 0.500. The average Bonchev–Trinajstić information content (AvgIpc) is 2.61. The van der Waals surface area contributed by atoms with Gasteiger partial charge in [0.25, 0.3) is 0 Å². The molecule has 1 aromatic carbocycles. The molecule has 140 valence electrons. The molecule has 1 aromatic rings. The van der Waals surface area contributed by atoms with E-state index < -0.39 is 0 Å². The SMILES string of the molecule is CN=C(NCCC1=CCOCC1)N(C)CCOc1ccc(Cl)cc1.I. The van der Waals surface area contributed by atoms with Gasteiger partial charge >= 0.3 is 0 Å². The summed E-state index contributed by atoms with van der Waals surface area (Å²) >= 11 is 5.86. The summed E-state index contributed by atoms with van der Waals surface area (Å²) in [5, 5.41) is 4.11. The molecule has 0 amide bonds. The molecule has 1 aliphatic heterocycles. The molecule has 7 heteroatoms. The second-order valence-electron chi connectivity index (χ2n) is 5.64. The van der Waals surface area contributed by atoms with Crippen molar-refractivity contribution in [2.24, 2.45) is 4.99 Å². The largest absolute Gasteiger partial charge is 0.492 e. The van der Waals surface area contributed by atoms with E-state index in [1.807, 2.05) is 31.3 Å². The Hall–Kier alpha value is -0.990. The van der Waals surface area contributed by atoms with Crippen LogP contribution in [-0.4, -0.2) is 57.9 Å². The van der Waals surface area contributed by atoms with Gasteiger partial charge in [-0.2, -0.15) is 0 Å². The molecule has 1 heterocycles. The Morgan fingerprint density at radius 2 is 2.12 bits per heavy atom. The van der Waals surface area contributed by atoms with Crippen LogP contribution in [0.1, 0.15) is 12.8 Å². The van der Waals surface area contributed by atoms with Crippen molar-refractivity contribution in [2.45, 2.75) is 12.8 Å². The molecular weight excluding hydrogens is 453 g/mol. The van der Waals surface area contributed by atoms with Crippen molar-refractivity contribution in [1.29, 1.82) is 0 Å². The smallest absolute Gasteiger partial charge is 0.193 e. The van der Waals surface area contributed by atoms with Crippen molar-refractivity contribution in [3.63, 3.8) is 0 Å². The molecule has 1 N–H and O–H groups in total. The summed E-state index contributed by atoms with van der Waals surface area (Å²) in [6, 6.07) is 7.40. The predicted molar refractivity (Wildman–Crippen MR) is 114 cm³/mol. The number of benzene rings is 1. The zero-order valence-corrected chi connectivity index (χ0v) is 17.9. The van der Waals surface area contributed by atoms with Gasteiger partial charge in [0.05, 0.1) is 19.8 Å². The Balaban J connectivity index is 0.00000312. The van der Waals surface area contributed by atoms with E-state index in [-0.39, 0.29) is 24.0 Å². The Morgan fingerprint density at radius 3 is 2.76 bits per heavy atom. The lowest BCUT2D eigenvalue weighted by Gasteiger charge is -2.22. The van der Waals surface area contributed by atoms with Crippen molar-refractivity contribution in [2.75, 3.05) is 47.0 Å². The molecule has 0 spiro atoms. The van der Waals surface area contributed by atoms with E-state index in [1.165, 1.54) is 5.57 Å². The molecule has 0 saturated heterocycles. The van der Waals surface area contributed by atoms with Gasteiger partial charge in [0.15, 0.2) is 5.96 Å². The summed E-state index contributed by atoms with van der Waals surface area (Å²) in [6.45, 7) is 3.79. The summed E-state index contributed by atoms with van der Waals surface area (Å²) in [4.78, 5) is 6.39. The summed E-state index contributed by atoms with van der Waals surface area (Å²) < 4.78 is 11.0. The number of hydrogen-bond donors (Lipinski definition) is 1. The molecular formula is C18H27ClIN3O2. The van der Waals surface area contributed by atoms with Crippen LogP contribution in [0, 0.1) is 0 Å². The molecule has 25 heavy (non-hydrogen) atoms. The van der Waals surface area contributed by atoms with Crippen molar-refractivity contribution in [3.05, 3.63) is 40.9 Å². The quantitative estimate of drug-likeness (QED) is 0.281. The molecule has 0 aromatic heterocycles. The molecule has 0 aliphatic carbocycles. The van der Waals surface area contributed by atoms with Crippen LogP contribution >= 0.6 is 35.6 Å². The number of likely N-dealkylation sites (N-methyl/N-ethyl adjacent to an activating group) is 1. The van der Waals surface area contributed by atoms with Gasteiger partial charge < -0.3 is 19.7 Å². The third kappa shape index (κ3) is 8.29. The number of nitrogens with zero attached hydrogens (tertiary/aromatic N) is 2. The molecule has 5 nitrogen and oxygen atoms in total. The van der Waals surface area contributed by atoms with Crippen LogP contribution in [0.3, 0.4) is 0 Å². The first-order valence-corrected chi connectivity index (χ1v) is 8.62. The van der Waals surface area contributed by atoms with Crippen molar-refractivity contribution in [3.8, 4) is 5.75 Å². The number of halogens is 2. The highest BCUT2D eigenvalue weighted by molar-refractivity contribution is 14.0. The van der Waals surface area contributed by atoms with E-state index in [0.717, 1.165) is 50.9 Å². The molecule has 1 aliphatic rings. The van der Waals surface area contributed by atoms with Crippen LogP contribution in [0.15, 0.2) is 40.9 Å².